The first-order chi connectivity index (χ1) is 8.66. The third-order valence-corrected chi connectivity index (χ3v) is 2.73. The second-order valence-electron chi connectivity index (χ2n) is 3.83. The monoisotopic (exact) mass is 250 g/mol. The van der Waals surface area contributed by atoms with Gasteiger partial charge in [-0.25, -0.2) is 8.78 Å². The van der Waals surface area contributed by atoms with Crippen LogP contribution in [0.3, 0.4) is 0 Å². The van der Waals surface area contributed by atoms with Gasteiger partial charge in [0.05, 0.1) is 5.69 Å². The summed E-state index contributed by atoms with van der Waals surface area (Å²) in [5.74, 6) is -2.26. The Hall–Kier alpha value is -2.44. The predicted octanol–water partition coefficient (Wildman–Crippen LogP) is 0.957. The van der Waals surface area contributed by atoms with Gasteiger partial charge in [0, 0.05) is 18.5 Å². The number of carbonyl (C=O) groups excluding carboxylic acids is 1. The largest absolute Gasteiger partial charge is 0.306 e. The maximum atomic E-state index is 13.1. The van der Waals surface area contributed by atoms with Gasteiger partial charge in [0.1, 0.15) is 6.34 Å². The lowest BCUT2D eigenvalue weighted by molar-refractivity contribution is -0.122. The van der Waals surface area contributed by atoms with Gasteiger partial charge < -0.3 is 4.90 Å². The van der Waals surface area contributed by atoms with Gasteiger partial charge in [0.25, 0.3) is 5.91 Å². The van der Waals surface area contributed by atoms with Gasteiger partial charge >= 0.3 is 0 Å². The highest BCUT2D eigenvalue weighted by atomic mass is 19.2. The fourth-order valence-electron chi connectivity index (χ4n) is 1.81. The van der Waals surface area contributed by atoms with Gasteiger partial charge in [0.2, 0.25) is 6.17 Å². The number of nitrogens with zero attached hydrogens (tertiary/aromatic N) is 3. The molecule has 1 amide bonds. The first-order valence-electron chi connectivity index (χ1n) is 5.19. The number of carbonyl (C=O) groups is 1. The number of amides is 1. The van der Waals surface area contributed by atoms with Gasteiger partial charge in [-0.1, -0.05) is 0 Å². The number of halogens is 2. The van der Waals surface area contributed by atoms with Crippen molar-refractivity contribution in [1.82, 2.24) is 10.3 Å². The minimum atomic E-state index is -0.994. The van der Waals surface area contributed by atoms with Crippen LogP contribution >= 0.6 is 0 Å². The molecule has 0 spiro atoms. The summed E-state index contributed by atoms with van der Waals surface area (Å²) in [6, 6.07) is 3.30. The van der Waals surface area contributed by atoms with E-state index in [9.17, 15) is 13.6 Å². The smallest absolute Gasteiger partial charge is 0.276 e. The standard InChI is InChI=1S/C11H8F2N4O/c12-8-2-1-7(5-9(8)13)17-4-3-16-6-14-15-10(16)11(17)18/h1-6,10,15H. The molecule has 2 aliphatic rings. The Balaban J connectivity index is 1.95. The van der Waals surface area contributed by atoms with E-state index in [2.05, 4.69) is 10.5 Å². The zero-order valence-electron chi connectivity index (χ0n) is 9.05. The number of benzene rings is 1. The van der Waals surface area contributed by atoms with Crippen LogP contribution in [-0.2, 0) is 4.79 Å². The van der Waals surface area contributed by atoms with Crippen LogP contribution < -0.4 is 10.3 Å². The van der Waals surface area contributed by atoms with Crippen molar-refractivity contribution in [3.8, 4) is 0 Å². The topological polar surface area (TPSA) is 47.9 Å². The van der Waals surface area contributed by atoms with Crippen LogP contribution in [0.1, 0.15) is 0 Å². The summed E-state index contributed by atoms with van der Waals surface area (Å²) in [7, 11) is 0. The molecule has 2 heterocycles. The van der Waals surface area contributed by atoms with E-state index in [1.54, 1.807) is 11.1 Å². The van der Waals surface area contributed by atoms with Gasteiger partial charge in [-0.2, -0.15) is 5.10 Å². The predicted molar refractivity (Wildman–Crippen MR) is 60.2 cm³/mol. The van der Waals surface area contributed by atoms with E-state index in [-0.39, 0.29) is 11.6 Å². The summed E-state index contributed by atoms with van der Waals surface area (Å²) >= 11 is 0. The highest BCUT2D eigenvalue weighted by molar-refractivity contribution is 6.01. The molecule has 1 aromatic carbocycles. The molecule has 1 aromatic rings. The molecule has 1 atom stereocenters. The number of nitrogens with one attached hydrogen (secondary N) is 1. The van der Waals surface area contributed by atoms with Crippen molar-refractivity contribution in [2.45, 2.75) is 6.17 Å². The maximum Gasteiger partial charge on any atom is 0.276 e. The third kappa shape index (κ3) is 1.52. The fraction of sp³-hybridized carbons (Fsp3) is 0.0909. The van der Waals surface area contributed by atoms with Gasteiger partial charge in [0.15, 0.2) is 11.6 Å². The number of rotatable bonds is 1. The highest BCUT2D eigenvalue weighted by Gasteiger charge is 2.33. The van der Waals surface area contributed by atoms with Crippen molar-refractivity contribution in [3.63, 3.8) is 0 Å². The minimum Gasteiger partial charge on any atom is -0.306 e. The average Bonchev–Trinajstić information content (AvgIpc) is 2.83. The summed E-state index contributed by atoms with van der Waals surface area (Å²) in [6.45, 7) is 0. The van der Waals surface area contributed by atoms with E-state index in [4.69, 9.17) is 0 Å². The second kappa shape index (κ2) is 3.80. The minimum absolute atomic E-state index is 0.267. The first kappa shape index (κ1) is 10.7. The van der Waals surface area contributed by atoms with Crippen molar-refractivity contribution in [1.29, 1.82) is 0 Å². The lowest BCUT2D eigenvalue weighted by Gasteiger charge is -2.30. The molecule has 0 saturated heterocycles. The van der Waals surface area contributed by atoms with E-state index in [0.29, 0.717) is 0 Å². The number of fused-ring (bicyclic) bond motifs is 1. The molecule has 5 nitrogen and oxygen atoms in total. The summed E-state index contributed by atoms with van der Waals surface area (Å²) in [5, 5.41) is 3.76. The van der Waals surface area contributed by atoms with Crippen molar-refractivity contribution < 1.29 is 13.6 Å². The summed E-state index contributed by atoms with van der Waals surface area (Å²) in [4.78, 5) is 14.9. The zero-order valence-corrected chi connectivity index (χ0v) is 9.05. The molecule has 1 N–H and O–H groups in total. The Bertz CT molecular complexity index is 572. The van der Waals surface area contributed by atoms with Crippen molar-refractivity contribution >= 4 is 17.9 Å². The summed E-state index contributed by atoms with van der Waals surface area (Å²) in [6.07, 6.45) is 3.94. The molecule has 0 aliphatic carbocycles. The molecule has 0 fully saturated rings. The molecule has 0 aromatic heterocycles. The van der Waals surface area contributed by atoms with Crippen molar-refractivity contribution in [3.05, 3.63) is 42.2 Å². The lowest BCUT2D eigenvalue weighted by Crippen LogP contribution is -2.51. The number of hydrogen-bond acceptors (Lipinski definition) is 4. The van der Waals surface area contributed by atoms with Crippen molar-refractivity contribution in [2.24, 2.45) is 5.10 Å². The number of anilines is 1. The normalized spacial score (nSPS) is 21.2. The Kier molecular flexibility index (Phi) is 2.26. The number of hydrazone groups is 1. The second-order valence-corrected chi connectivity index (χ2v) is 3.83. The van der Waals surface area contributed by atoms with Crippen LogP contribution in [0.5, 0.6) is 0 Å². The SMILES string of the molecule is O=C1C2NN=CN2C=CN1c1ccc(F)c(F)c1. The molecule has 18 heavy (non-hydrogen) atoms. The van der Waals surface area contributed by atoms with Gasteiger partial charge in [-0.05, 0) is 12.1 Å². The Morgan fingerprint density at radius 3 is 2.83 bits per heavy atom. The van der Waals surface area contributed by atoms with Crippen molar-refractivity contribution in [2.75, 3.05) is 4.90 Å². The van der Waals surface area contributed by atoms with E-state index in [0.717, 1.165) is 12.1 Å². The quantitative estimate of drug-likeness (QED) is 0.807. The van der Waals surface area contributed by atoms with E-state index >= 15 is 0 Å². The van der Waals surface area contributed by atoms with Crippen LogP contribution in [0.25, 0.3) is 0 Å². The van der Waals surface area contributed by atoms with Gasteiger partial charge in [-0.3, -0.25) is 15.1 Å². The van der Waals surface area contributed by atoms with Crippen LogP contribution in [0.4, 0.5) is 14.5 Å². The van der Waals surface area contributed by atoms with Crippen LogP contribution in [-0.4, -0.2) is 23.3 Å². The maximum absolute atomic E-state index is 13.1. The first-order valence-corrected chi connectivity index (χ1v) is 5.19. The van der Waals surface area contributed by atoms with E-state index in [1.807, 2.05) is 0 Å². The zero-order chi connectivity index (χ0) is 12.7. The van der Waals surface area contributed by atoms with E-state index in [1.165, 1.54) is 23.5 Å². The summed E-state index contributed by atoms with van der Waals surface area (Å²) in [5.41, 5.74) is 2.89. The molecule has 7 heteroatoms. The molecule has 2 aliphatic heterocycles. The molecular weight excluding hydrogens is 242 g/mol. The lowest BCUT2D eigenvalue weighted by atomic mass is 10.2. The molecule has 0 saturated carbocycles. The van der Waals surface area contributed by atoms with Crippen LogP contribution in [0.15, 0.2) is 35.7 Å². The Morgan fingerprint density at radius 2 is 2.06 bits per heavy atom. The molecule has 92 valence electrons. The van der Waals surface area contributed by atoms with E-state index < -0.39 is 17.8 Å². The highest BCUT2D eigenvalue weighted by Crippen LogP contribution is 2.23. The van der Waals surface area contributed by atoms with Crippen LogP contribution in [0.2, 0.25) is 0 Å². The summed E-state index contributed by atoms with van der Waals surface area (Å²) < 4.78 is 26.0. The third-order valence-electron chi connectivity index (χ3n) is 2.73. The van der Waals surface area contributed by atoms with Gasteiger partial charge in [-0.15, -0.1) is 0 Å². The molecule has 3 rings (SSSR count). The molecule has 1 unspecified atom stereocenters. The Morgan fingerprint density at radius 1 is 1.22 bits per heavy atom. The average molecular weight is 250 g/mol. The molecule has 0 radical (unpaired) electrons. The molecular formula is C11H8F2N4O. The Labute approximate surface area is 101 Å². The van der Waals surface area contributed by atoms with Crippen LogP contribution in [0, 0.1) is 11.6 Å². The fourth-order valence-corrected chi connectivity index (χ4v) is 1.81. The number of hydrogen-bond donors (Lipinski definition) is 1. The molecule has 0 bridgehead atoms.